The summed E-state index contributed by atoms with van der Waals surface area (Å²) in [5.74, 6) is -0.910. The average Bonchev–Trinajstić information content (AvgIpc) is 3.44. The molecule has 5 rings (SSSR count). The highest BCUT2D eigenvalue weighted by Gasteiger charge is 2.37. The van der Waals surface area contributed by atoms with E-state index in [2.05, 4.69) is 15.3 Å². The second-order valence-electron chi connectivity index (χ2n) is 9.50. The standard InChI is InChI=1S/C29H26F3N5O4/c30-29(31,32)22-16-23(18-5-2-1-3-6-18)35-25(22)27(40)34-20-9-10-24(33-17-20)36-11-13-37(14-12-36)28(41)26(39)19-7-4-8-21(38)15-19/h1-10,15-17,26,35,38-39H,11-14H2,(H,34,40). The number of H-pyrrole nitrogens is 1. The third-order valence-electron chi connectivity index (χ3n) is 6.78. The first-order valence-electron chi connectivity index (χ1n) is 12.7. The van der Waals surface area contributed by atoms with Crippen molar-refractivity contribution in [3.8, 4) is 17.0 Å². The summed E-state index contributed by atoms with van der Waals surface area (Å²) in [5, 5.41) is 22.5. The van der Waals surface area contributed by atoms with Gasteiger partial charge < -0.3 is 30.3 Å². The summed E-state index contributed by atoms with van der Waals surface area (Å²) in [4.78, 5) is 35.9. The molecule has 1 saturated heterocycles. The van der Waals surface area contributed by atoms with Gasteiger partial charge in [-0.15, -0.1) is 0 Å². The highest BCUT2D eigenvalue weighted by molar-refractivity contribution is 6.04. The maximum Gasteiger partial charge on any atom is 0.418 e. The van der Waals surface area contributed by atoms with Gasteiger partial charge in [0.15, 0.2) is 6.10 Å². The van der Waals surface area contributed by atoms with Gasteiger partial charge in [0.2, 0.25) is 0 Å². The summed E-state index contributed by atoms with van der Waals surface area (Å²) in [7, 11) is 0. The van der Waals surface area contributed by atoms with Crippen molar-refractivity contribution in [1.82, 2.24) is 14.9 Å². The quantitative estimate of drug-likeness (QED) is 0.274. The van der Waals surface area contributed by atoms with Crippen LogP contribution in [-0.2, 0) is 11.0 Å². The second kappa shape index (κ2) is 11.3. The first-order chi connectivity index (χ1) is 19.6. The Kier molecular flexibility index (Phi) is 7.66. The second-order valence-corrected chi connectivity index (χ2v) is 9.50. The maximum absolute atomic E-state index is 13.7. The van der Waals surface area contributed by atoms with Gasteiger partial charge in [-0.25, -0.2) is 4.98 Å². The molecule has 3 heterocycles. The molecule has 212 valence electrons. The number of amides is 2. The number of halogens is 3. The number of rotatable bonds is 6. The third kappa shape index (κ3) is 6.17. The molecular formula is C29H26F3N5O4. The fourth-order valence-corrected chi connectivity index (χ4v) is 4.64. The largest absolute Gasteiger partial charge is 0.508 e. The van der Waals surface area contributed by atoms with Crippen LogP contribution in [0.4, 0.5) is 24.7 Å². The molecule has 1 unspecified atom stereocenters. The minimum atomic E-state index is -4.74. The zero-order chi connectivity index (χ0) is 29.1. The van der Waals surface area contributed by atoms with Gasteiger partial charge in [-0.1, -0.05) is 42.5 Å². The number of carbonyl (C=O) groups is 2. The average molecular weight is 566 g/mol. The smallest absolute Gasteiger partial charge is 0.418 e. The third-order valence-corrected chi connectivity index (χ3v) is 6.78. The van der Waals surface area contributed by atoms with Crippen molar-refractivity contribution in [2.45, 2.75) is 12.3 Å². The number of phenolic OH excluding ortho intramolecular Hbond substituents is 1. The molecule has 4 N–H and O–H groups in total. The van der Waals surface area contributed by atoms with Crippen molar-refractivity contribution in [1.29, 1.82) is 0 Å². The Morgan fingerprint density at radius 2 is 1.68 bits per heavy atom. The Labute approximate surface area is 232 Å². The minimum absolute atomic E-state index is 0.0458. The molecule has 1 atom stereocenters. The van der Waals surface area contributed by atoms with Gasteiger partial charge in [-0.2, -0.15) is 13.2 Å². The van der Waals surface area contributed by atoms with Crippen molar-refractivity contribution in [2.75, 3.05) is 36.4 Å². The lowest BCUT2D eigenvalue weighted by Crippen LogP contribution is -2.50. The number of aromatic hydroxyl groups is 1. The summed E-state index contributed by atoms with van der Waals surface area (Å²) in [5.41, 5.74) is -0.475. The molecule has 12 heteroatoms. The number of hydrogen-bond acceptors (Lipinski definition) is 6. The van der Waals surface area contributed by atoms with Crippen molar-refractivity contribution in [2.24, 2.45) is 0 Å². The van der Waals surface area contributed by atoms with Crippen molar-refractivity contribution >= 4 is 23.3 Å². The number of piperazine rings is 1. The van der Waals surface area contributed by atoms with Gasteiger partial charge in [0.05, 0.1) is 17.4 Å². The normalized spacial score (nSPS) is 14.5. The molecule has 2 aromatic heterocycles. The molecule has 2 aromatic carbocycles. The Hall–Kier alpha value is -4.84. The SMILES string of the molecule is O=C(Nc1ccc(N2CCN(C(=O)C(O)c3cccc(O)c3)CC2)nc1)c1[nH]c(-c2ccccc2)cc1C(F)(F)F. The van der Waals surface area contributed by atoms with E-state index < -0.39 is 35.4 Å². The van der Waals surface area contributed by atoms with Gasteiger partial charge in [0.1, 0.15) is 17.3 Å². The molecule has 0 bridgehead atoms. The summed E-state index contributed by atoms with van der Waals surface area (Å²) < 4.78 is 41.1. The van der Waals surface area contributed by atoms with Crippen LogP contribution in [0.2, 0.25) is 0 Å². The van der Waals surface area contributed by atoms with Crippen LogP contribution in [0.3, 0.4) is 0 Å². The Balaban J connectivity index is 1.22. The fourth-order valence-electron chi connectivity index (χ4n) is 4.64. The number of alkyl halides is 3. The molecule has 0 aliphatic carbocycles. The summed E-state index contributed by atoms with van der Waals surface area (Å²) in [6.07, 6.45) is -4.78. The monoisotopic (exact) mass is 565 g/mol. The van der Waals surface area contributed by atoms with Crippen LogP contribution in [0.5, 0.6) is 5.75 Å². The first-order valence-corrected chi connectivity index (χ1v) is 12.7. The van der Waals surface area contributed by atoms with E-state index in [-0.39, 0.29) is 17.1 Å². The number of hydrogen-bond donors (Lipinski definition) is 4. The first kappa shape index (κ1) is 27.7. The van der Waals surface area contributed by atoms with Crippen LogP contribution in [0.25, 0.3) is 11.3 Å². The number of nitrogens with zero attached hydrogens (tertiary/aromatic N) is 3. The van der Waals surface area contributed by atoms with E-state index >= 15 is 0 Å². The summed E-state index contributed by atoms with van der Waals surface area (Å²) in [6.45, 7) is 1.51. The molecule has 1 aliphatic rings. The van der Waals surface area contributed by atoms with Gasteiger partial charge in [0, 0.05) is 31.9 Å². The number of aliphatic hydroxyl groups excluding tert-OH is 1. The molecule has 2 amide bonds. The predicted molar refractivity (Wildman–Crippen MR) is 145 cm³/mol. The Morgan fingerprint density at radius 1 is 0.951 bits per heavy atom. The van der Waals surface area contributed by atoms with Crippen molar-refractivity contribution in [3.05, 3.63) is 95.8 Å². The van der Waals surface area contributed by atoms with E-state index in [9.17, 15) is 33.0 Å². The molecule has 41 heavy (non-hydrogen) atoms. The number of anilines is 2. The topological polar surface area (TPSA) is 122 Å². The number of aliphatic hydroxyl groups is 1. The molecule has 0 radical (unpaired) electrons. The number of carbonyl (C=O) groups excluding carboxylic acids is 2. The molecule has 9 nitrogen and oxygen atoms in total. The highest BCUT2D eigenvalue weighted by Crippen LogP contribution is 2.35. The Bertz CT molecular complexity index is 1530. The van der Waals surface area contributed by atoms with Crippen LogP contribution in [0.15, 0.2) is 79.0 Å². The van der Waals surface area contributed by atoms with E-state index in [4.69, 9.17) is 0 Å². The fraction of sp³-hybridized carbons (Fsp3) is 0.207. The number of benzene rings is 2. The van der Waals surface area contributed by atoms with Crippen LogP contribution < -0.4 is 10.2 Å². The van der Waals surface area contributed by atoms with E-state index in [1.54, 1.807) is 48.5 Å². The molecular weight excluding hydrogens is 539 g/mol. The number of aromatic amines is 1. The lowest BCUT2D eigenvalue weighted by Gasteiger charge is -2.36. The molecule has 4 aromatic rings. The molecule has 1 fully saturated rings. The lowest BCUT2D eigenvalue weighted by molar-refractivity contribution is -0.141. The molecule has 0 saturated carbocycles. The molecule has 0 spiro atoms. The maximum atomic E-state index is 13.7. The van der Waals surface area contributed by atoms with Gasteiger partial charge in [-0.05, 0) is 41.5 Å². The predicted octanol–water partition coefficient (Wildman–Crippen LogP) is 4.44. The zero-order valence-corrected chi connectivity index (χ0v) is 21.6. The number of phenols is 1. The van der Waals surface area contributed by atoms with E-state index in [1.165, 1.54) is 29.3 Å². The Morgan fingerprint density at radius 3 is 2.32 bits per heavy atom. The van der Waals surface area contributed by atoms with Gasteiger partial charge >= 0.3 is 6.18 Å². The number of aromatic nitrogens is 2. The van der Waals surface area contributed by atoms with E-state index in [1.807, 2.05) is 4.90 Å². The van der Waals surface area contributed by atoms with E-state index in [0.717, 1.165) is 6.07 Å². The van der Waals surface area contributed by atoms with Gasteiger partial charge in [-0.3, -0.25) is 9.59 Å². The highest BCUT2D eigenvalue weighted by atomic mass is 19.4. The van der Waals surface area contributed by atoms with Gasteiger partial charge in [0.25, 0.3) is 11.8 Å². The molecule has 1 aliphatic heterocycles. The number of nitrogens with one attached hydrogen (secondary N) is 2. The van der Waals surface area contributed by atoms with Crippen LogP contribution in [0, 0.1) is 0 Å². The van der Waals surface area contributed by atoms with Crippen LogP contribution in [-0.4, -0.2) is 63.1 Å². The summed E-state index contributed by atoms with van der Waals surface area (Å²) >= 11 is 0. The van der Waals surface area contributed by atoms with Crippen molar-refractivity contribution < 1.29 is 33.0 Å². The van der Waals surface area contributed by atoms with Crippen molar-refractivity contribution in [3.63, 3.8) is 0 Å². The van der Waals surface area contributed by atoms with Crippen LogP contribution in [0.1, 0.15) is 27.7 Å². The minimum Gasteiger partial charge on any atom is -0.508 e. The number of pyridine rings is 1. The zero-order valence-electron chi connectivity index (χ0n) is 21.6. The van der Waals surface area contributed by atoms with E-state index in [0.29, 0.717) is 43.1 Å². The van der Waals surface area contributed by atoms with Crippen LogP contribution >= 0.6 is 0 Å². The lowest BCUT2D eigenvalue weighted by atomic mass is 10.1. The summed E-state index contributed by atoms with van der Waals surface area (Å²) in [6, 6.07) is 18.4.